The summed E-state index contributed by atoms with van der Waals surface area (Å²) in [5.41, 5.74) is 2.56. The zero-order valence-corrected chi connectivity index (χ0v) is 17.8. The standard InChI is InChI=1S/C20H22ClFN4O2S/c1-12(2)29(27,28)26-8-4-5-13(11-26)17-9-14-19(15(21)10-23-20(14)25-17)16-6-3-7-18(22)24-16/h3,6-7,9-10,12-13H,4-5,8,11H2,1-2H3,(H,23,25). The van der Waals surface area contributed by atoms with Gasteiger partial charge < -0.3 is 4.98 Å². The number of hydrogen-bond acceptors (Lipinski definition) is 4. The number of hydrogen-bond donors (Lipinski definition) is 1. The Morgan fingerprint density at radius 3 is 2.86 bits per heavy atom. The Morgan fingerprint density at radius 2 is 2.14 bits per heavy atom. The minimum Gasteiger partial charge on any atom is -0.343 e. The van der Waals surface area contributed by atoms with Crippen molar-refractivity contribution in [3.63, 3.8) is 0 Å². The van der Waals surface area contributed by atoms with Crippen LogP contribution in [0.2, 0.25) is 5.02 Å². The van der Waals surface area contributed by atoms with E-state index in [2.05, 4.69) is 15.0 Å². The molecular weight excluding hydrogens is 415 g/mol. The molecule has 0 amide bonds. The van der Waals surface area contributed by atoms with Crippen molar-refractivity contribution in [2.45, 2.75) is 37.9 Å². The molecule has 0 saturated carbocycles. The molecule has 6 nitrogen and oxygen atoms in total. The maximum atomic E-state index is 13.7. The SMILES string of the molecule is CC(C)S(=O)(=O)N1CCCC(c2cc3c(-c4cccc(F)n4)c(Cl)cnc3[nH]2)C1. The van der Waals surface area contributed by atoms with Crippen molar-refractivity contribution < 1.29 is 12.8 Å². The van der Waals surface area contributed by atoms with Crippen LogP contribution in [0, 0.1) is 5.95 Å². The van der Waals surface area contributed by atoms with Gasteiger partial charge in [-0.2, -0.15) is 4.39 Å². The number of pyridine rings is 2. The van der Waals surface area contributed by atoms with E-state index in [4.69, 9.17) is 11.6 Å². The summed E-state index contributed by atoms with van der Waals surface area (Å²) < 4.78 is 40.4. The van der Waals surface area contributed by atoms with E-state index in [9.17, 15) is 12.8 Å². The molecule has 3 aromatic heterocycles. The number of nitrogens with one attached hydrogen (secondary N) is 1. The zero-order valence-electron chi connectivity index (χ0n) is 16.2. The van der Waals surface area contributed by atoms with Gasteiger partial charge in [-0.3, -0.25) is 0 Å². The first kappa shape index (κ1) is 20.3. The lowest BCUT2D eigenvalue weighted by atomic mass is 9.96. The Bertz CT molecular complexity index is 1160. The minimum atomic E-state index is -3.30. The van der Waals surface area contributed by atoms with Crippen molar-refractivity contribution in [3.05, 3.63) is 47.1 Å². The highest BCUT2D eigenvalue weighted by molar-refractivity contribution is 7.89. The highest BCUT2D eigenvalue weighted by Gasteiger charge is 2.32. The Kier molecular flexibility index (Phi) is 5.35. The van der Waals surface area contributed by atoms with E-state index < -0.39 is 21.2 Å². The molecule has 0 spiro atoms. The number of piperidine rings is 1. The Morgan fingerprint density at radius 1 is 1.34 bits per heavy atom. The molecular formula is C20H22ClFN4O2S. The van der Waals surface area contributed by atoms with Crippen LogP contribution < -0.4 is 0 Å². The van der Waals surface area contributed by atoms with Gasteiger partial charge in [-0.15, -0.1) is 0 Å². The van der Waals surface area contributed by atoms with Gasteiger partial charge in [-0.1, -0.05) is 17.7 Å². The van der Waals surface area contributed by atoms with Gasteiger partial charge >= 0.3 is 0 Å². The summed E-state index contributed by atoms with van der Waals surface area (Å²) in [5.74, 6) is -0.556. The molecule has 154 valence electrons. The van der Waals surface area contributed by atoms with Gasteiger partial charge in [0.25, 0.3) is 0 Å². The van der Waals surface area contributed by atoms with Gasteiger partial charge in [0.1, 0.15) is 5.65 Å². The summed E-state index contributed by atoms with van der Waals surface area (Å²) in [6, 6.07) is 6.51. The predicted molar refractivity (Wildman–Crippen MR) is 112 cm³/mol. The molecule has 0 bridgehead atoms. The number of rotatable bonds is 4. The van der Waals surface area contributed by atoms with Gasteiger partial charge in [-0.05, 0) is 44.9 Å². The third-order valence-corrected chi connectivity index (χ3v) is 7.91. The maximum absolute atomic E-state index is 13.7. The van der Waals surface area contributed by atoms with Crippen LogP contribution in [0.3, 0.4) is 0 Å². The molecule has 4 heterocycles. The van der Waals surface area contributed by atoms with Crippen LogP contribution in [0.15, 0.2) is 30.5 Å². The first-order valence-corrected chi connectivity index (χ1v) is 11.4. The molecule has 1 aliphatic heterocycles. The lowest BCUT2D eigenvalue weighted by Crippen LogP contribution is -2.42. The van der Waals surface area contributed by atoms with Crippen LogP contribution in [-0.2, 0) is 10.0 Å². The van der Waals surface area contributed by atoms with Crippen LogP contribution in [0.25, 0.3) is 22.3 Å². The number of sulfonamides is 1. The molecule has 1 fully saturated rings. The van der Waals surface area contributed by atoms with Crippen molar-refractivity contribution >= 4 is 32.7 Å². The second-order valence-corrected chi connectivity index (χ2v) is 10.5. The first-order chi connectivity index (χ1) is 13.8. The van der Waals surface area contributed by atoms with Crippen LogP contribution >= 0.6 is 11.6 Å². The van der Waals surface area contributed by atoms with Crippen molar-refractivity contribution in [1.29, 1.82) is 0 Å². The van der Waals surface area contributed by atoms with Gasteiger partial charge in [0.2, 0.25) is 16.0 Å². The Hall–Kier alpha value is -2.03. The highest BCUT2D eigenvalue weighted by atomic mass is 35.5. The number of aromatic nitrogens is 3. The number of aromatic amines is 1. The predicted octanol–water partition coefficient (Wildman–Crippen LogP) is 4.34. The van der Waals surface area contributed by atoms with Crippen LogP contribution in [0.4, 0.5) is 4.39 Å². The summed E-state index contributed by atoms with van der Waals surface area (Å²) in [4.78, 5) is 11.6. The quantitative estimate of drug-likeness (QED) is 0.617. The summed E-state index contributed by atoms with van der Waals surface area (Å²) in [7, 11) is -3.30. The largest absolute Gasteiger partial charge is 0.343 e. The van der Waals surface area contributed by atoms with Crippen molar-refractivity contribution in [2.24, 2.45) is 0 Å². The normalized spacial score (nSPS) is 18.6. The van der Waals surface area contributed by atoms with Crippen LogP contribution in [0.5, 0.6) is 0 Å². The molecule has 1 N–H and O–H groups in total. The average Bonchev–Trinajstić information content (AvgIpc) is 3.12. The number of fused-ring (bicyclic) bond motifs is 1. The summed E-state index contributed by atoms with van der Waals surface area (Å²) in [6.45, 7) is 4.37. The van der Waals surface area contributed by atoms with E-state index in [-0.39, 0.29) is 5.92 Å². The van der Waals surface area contributed by atoms with Gasteiger partial charge in [0, 0.05) is 41.8 Å². The first-order valence-electron chi connectivity index (χ1n) is 9.56. The molecule has 1 aliphatic rings. The third kappa shape index (κ3) is 3.76. The molecule has 4 rings (SSSR count). The summed E-state index contributed by atoms with van der Waals surface area (Å²) in [6.07, 6.45) is 3.18. The van der Waals surface area contributed by atoms with Crippen molar-refractivity contribution in [1.82, 2.24) is 19.3 Å². The maximum Gasteiger partial charge on any atom is 0.216 e. The second kappa shape index (κ2) is 7.66. The van der Waals surface area contributed by atoms with E-state index in [1.165, 1.54) is 12.3 Å². The van der Waals surface area contributed by atoms with Gasteiger partial charge in [0.05, 0.1) is 16.0 Å². The fourth-order valence-electron chi connectivity index (χ4n) is 3.82. The topological polar surface area (TPSA) is 79.0 Å². The van der Waals surface area contributed by atoms with Gasteiger partial charge in [-0.25, -0.2) is 22.7 Å². The number of halogens is 2. The third-order valence-electron chi connectivity index (χ3n) is 5.38. The van der Waals surface area contributed by atoms with Gasteiger partial charge in [0.15, 0.2) is 0 Å². The lowest BCUT2D eigenvalue weighted by molar-refractivity contribution is 0.311. The minimum absolute atomic E-state index is 0.0265. The molecule has 9 heteroatoms. The molecule has 0 radical (unpaired) electrons. The summed E-state index contributed by atoms with van der Waals surface area (Å²) in [5, 5.41) is 0.679. The monoisotopic (exact) mass is 436 g/mol. The highest BCUT2D eigenvalue weighted by Crippen LogP contribution is 2.36. The van der Waals surface area contributed by atoms with Crippen LogP contribution in [0.1, 0.15) is 38.3 Å². The molecule has 3 aromatic rings. The fraction of sp³-hybridized carbons (Fsp3) is 0.400. The number of H-pyrrole nitrogens is 1. The summed E-state index contributed by atoms with van der Waals surface area (Å²) >= 11 is 6.38. The molecule has 29 heavy (non-hydrogen) atoms. The molecule has 1 saturated heterocycles. The van der Waals surface area contributed by atoms with E-state index in [1.54, 1.807) is 30.3 Å². The van der Waals surface area contributed by atoms with E-state index in [0.29, 0.717) is 35.0 Å². The van der Waals surface area contributed by atoms with Crippen LogP contribution in [-0.4, -0.2) is 46.0 Å². The second-order valence-electron chi connectivity index (χ2n) is 7.60. The molecule has 1 atom stereocenters. The number of nitrogens with zero attached hydrogens (tertiary/aromatic N) is 3. The fourth-order valence-corrected chi connectivity index (χ4v) is 5.44. The zero-order chi connectivity index (χ0) is 20.8. The van der Waals surface area contributed by atoms with E-state index in [0.717, 1.165) is 23.9 Å². The van der Waals surface area contributed by atoms with Crippen molar-refractivity contribution in [2.75, 3.05) is 13.1 Å². The smallest absolute Gasteiger partial charge is 0.216 e. The van der Waals surface area contributed by atoms with Crippen molar-refractivity contribution in [3.8, 4) is 11.3 Å². The Balaban J connectivity index is 1.74. The molecule has 0 aromatic carbocycles. The Labute approximate surface area is 174 Å². The molecule has 0 aliphatic carbocycles. The van der Waals surface area contributed by atoms with E-state index in [1.807, 2.05) is 6.07 Å². The van der Waals surface area contributed by atoms with E-state index >= 15 is 0 Å². The lowest BCUT2D eigenvalue weighted by Gasteiger charge is -2.32. The average molecular weight is 437 g/mol. The molecule has 1 unspecified atom stereocenters.